The van der Waals surface area contributed by atoms with Crippen LogP contribution in [-0.4, -0.2) is 52.3 Å². The molecule has 184 valence electrons. The van der Waals surface area contributed by atoms with Crippen molar-refractivity contribution in [2.75, 3.05) is 40.1 Å². The molecular weight excluding hydrogens is 450 g/mol. The molecule has 1 saturated heterocycles. The van der Waals surface area contributed by atoms with Crippen molar-refractivity contribution in [3.63, 3.8) is 0 Å². The van der Waals surface area contributed by atoms with E-state index in [0.717, 1.165) is 5.56 Å². The zero-order valence-electron chi connectivity index (χ0n) is 20.2. The molecular formula is C27H29NO7. The molecule has 0 saturated carbocycles. The second-order valence-electron chi connectivity index (χ2n) is 8.16. The maximum atomic E-state index is 13.5. The van der Waals surface area contributed by atoms with Gasteiger partial charge in [-0.25, -0.2) is 0 Å². The highest BCUT2D eigenvalue weighted by atomic mass is 16.7. The van der Waals surface area contributed by atoms with Gasteiger partial charge in [-0.1, -0.05) is 12.1 Å². The van der Waals surface area contributed by atoms with Gasteiger partial charge in [0.15, 0.2) is 12.4 Å². The number of carbonyl (C=O) groups is 1. The molecule has 1 aliphatic heterocycles. The SMILES string of the molecule is COCOc1ccc(N2C(=O)[C@@](O)(c3cccc(OC)c3)[C@@H]2Cc2cc(OC)cc(OC)c2)cc1. The number of amides is 1. The van der Waals surface area contributed by atoms with Gasteiger partial charge in [0.2, 0.25) is 0 Å². The molecule has 1 amide bonds. The van der Waals surface area contributed by atoms with Crippen molar-refractivity contribution in [2.24, 2.45) is 0 Å². The van der Waals surface area contributed by atoms with E-state index >= 15 is 0 Å². The van der Waals surface area contributed by atoms with Crippen molar-refractivity contribution in [3.05, 3.63) is 77.9 Å². The number of methoxy groups -OCH3 is 4. The van der Waals surface area contributed by atoms with E-state index in [4.69, 9.17) is 23.7 Å². The normalized spacial score (nSPS) is 19.2. The average molecular weight is 480 g/mol. The second-order valence-corrected chi connectivity index (χ2v) is 8.16. The molecule has 0 radical (unpaired) electrons. The van der Waals surface area contributed by atoms with Gasteiger partial charge in [-0.15, -0.1) is 0 Å². The van der Waals surface area contributed by atoms with Crippen LogP contribution in [0.4, 0.5) is 5.69 Å². The van der Waals surface area contributed by atoms with Crippen LogP contribution in [0.3, 0.4) is 0 Å². The molecule has 8 heteroatoms. The van der Waals surface area contributed by atoms with Crippen LogP contribution < -0.4 is 23.8 Å². The summed E-state index contributed by atoms with van der Waals surface area (Å²) in [7, 11) is 6.25. The van der Waals surface area contributed by atoms with E-state index in [1.165, 1.54) is 0 Å². The third kappa shape index (κ3) is 4.62. The molecule has 3 aromatic rings. The van der Waals surface area contributed by atoms with Gasteiger partial charge in [0.25, 0.3) is 5.91 Å². The first kappa shape index (κ1) is 24.4. The molecule has 1 fully saturated rings. The standard InChI is InChI=1S/C27H29NO7/c1-31-17-35-21-10-8-20(9-11-21)28-25(14-18-12-23(33-3)16-24(13-18)34-4)27(30,26(28)29)19-6-5-7-22(15-19)32-2/h5-13,15-16,25,30H,14,17H2,1-4H3/t25-,27+/m0/s1. The minimum absolute atomic E-state index is 0.123. The Bertz CT molecular complexity index is 1160. The fourth-order valence-corrected chi connectivity index (χ4v) is 4.34. The number of anilines is 1. The second kappa shape index (κ2) is 10.2. The van der Waals surface area contributed by atoms with Crippen molar-refractivity contribution in [3.8, 4) is 23.0 Å². The van der Waals surface area contributed by atoms with E-state index in [1.54, 1.807) is 87.9 Å². The third-order valence-corrected chi connectivity index (χ3v) is 6.15. The molecule has 0 aromatic heterocycles. The van der Waals surface area contributed by atoms with Gasteiger partial charge >= 0.3 is 0 Å². The summed E-state index contributed by atoms with van der Waals surface area (Å²) in [5, 5.41) is 11.8. The fraction of sp³-hybridized carbons (Fsp3) is 0.296. The molecule has 8 nitrogen and oxygen atoms in total. The number of aliphatic hydroxyl groups is 1. The summed E-state index contributed by atoms with van der Waals surface area (Å²) >= 11 is 0. The molecule has 3 aromatic carbocycles. The van der Waals surface area contributed by atoms with Crippen molar-refractivity contribution >= 4 is 11.6 Å². The minimum atomic E-state index is -1.74. The molecule has 1 N–H and O–H groups in total. The summed E-state index contributed by atoms with van der Waals surface area (Å²) in [6, 6.07) is 19.0. The molecule has 4 rings (SSSR count). The largest absolute Gasteiger partial charge is 0.497 e. The van der Waals surface area contributed by atoms with Crippen LogP contribution >= 0.6 is 0 Å². The first-order valence-electron chi connectivity index (χ1n) is 11.1. The van der Waals surface area contributed by atoms with E-state index in [0.29, 0.717) is 40.7 Å². The predicted molar refractivity (Wildman–Crippen MR) is 130 cm³/mol. The number of hydrogen-bond donors (Lipinski definition) is 1. The van der Waals surface area contributed by atoms with Crippen molar-refractivity contribution in [1.82, 2.24) is 0 Å². The lowest BCUT2D eigenvalue weighted by molar-refractivity contribution is -0.155. The van der Waals surface area contributed by atoms with Crippen LogP contribution in [0, 0.1) is 0 Å². The average Bonchev–Trinajstić information content (AvgIpc) is 2.91. The Labute approximate surface area is 204 Å². The number of rotatable bonds is 10. The molecule has 1 aliphatic rings. The molecule has 0 bridgehead atoms. The van der Waals surface area contributed by atoms with Gasteiger partial charge in [0.1, 0.15) is 23.0 Å². The highest BCUT2D eigenvalue weighted by Crippen LogP contribution is 2.45. The lowest BCUT2D eigenvalue weighted by atomic mass is 9.73. The number of nitrogens with zero attached hydrogens (tertiary/aromatic N) is 1. The van der Waals surface area contributed by atoms with Crippen molar-refractivity contribution in [2.45, 2.75) is 18.1 Å². The summed E-state index contributed by atoms with van der Waals surface area (Å²) in [5.74, 6) is 2.00. The molecule has 0 unspecified atom stereocenters. The molecule has 2 atom stereocenters. The van der Waals surface area contributed by atoms with Crippen LogP contribution in [0.1, 0.15) is 11.1 Å². The highest BCUT2D eigenvalue weighted by Gasteiger charge is 2.61. The van der Waals surface area contributed by atoms with Crippen LogP contribution in [0.15, 0.2) is 66.7 Å². The maximum Gasteiger partial charge on any atom is 0.266 e. The smallest absolute Gasteiger partial charge is 0.266 e. The number of carbonyl (C=O) groups excluding carboxylic acids is 1. The molecule has 1 heterocycles. The lowest BCUT2D eigenvalue weighted by Crippen LogP contribution is -2.73. The first-order chi connectivity index (χ1) is 16.9. The van der Waals surface area contributed by atoms with Gasteiger partial charge in [-0.2, -0.15) is 0 Å². The Morgan fingerprint density at radius 3 is 2.09 bits per heavy atom. The van der Waals surface area contributed by atoms with Gasteiger partial charge in [0, 0.05) is 18.9 Å². The molecule has 35 heavy (non-hydrogen) atoms. The van der Waals surface area contributed by atoms with Crippen molar-refractivity contribution in [1.29, 1.82) is 0 Å². The van der Waals surface area contributed by atoms with Gasteiger partial charge in [0.05, 0.1) is 27.4 Å². The van der Waals surface area contributed by atoms with Gasteiger partial charge < -0.3 is 33.7 Å². The monoisotopic (exact) mass is 479 g/mol. The molecule has 0 spiro atoms. The topological polar surface area (TPSA) is 86.7 Å². The van der Waals surface area contributed by atoms with Crippen LogP contribution in [0.25, 0.3) is 0 Å². The molecule has 0 aliphatic carbocycles. The van der Waals surface area contributed by atoms with Crippen LogP contribution in [-0.2, 0) is 21.6 Å². The number of hydrogen-bond acceptors (Lipinski definition) is 7. The Hall–Kier alpha value is -3.75. The maximum absolute atomic E-state index is 13.5. The van der Waals surface area contributed by atoms with Crippen molar-refractivity contribution < 1.29 is 33.6 Å². The minimum Gasteiger partial charge on any atom is -0.497 e. The predicted octanol–water partition coefficient (Wildman–Crippen LogP) is 3.54. The number of β-lactam (4-membered cyclic amide) rings is 1. The van der Waals surface area contributed by atoms with E-state index in [-0.39, 0.29) is 6.79 Å². The van der Waals surface area contributed by atoms with Gasteiger partial charge in [-0.05, 0) is 66.1 Å². The Balaban J connectivity index is 1.73. The summed E-state index contributed by atoms with van der Waals surface area (Å²) in [4.78, 5) is 15.1. The quantitative estimate of drug-likeness (QED) is 0.352. The number of ether oxygens (including phenoxy) is 5. The Morgan fingerprint density at radius 1 is 0.829 bits per heavy atom. The Morgan fingerprint density at radius 2 is 1.49 bits per heavy atom. The summed E-state index contributed by atoms with van der Waals surface area (Å²) < 4.78 is 26.6. The van der Waals surface area contributed by atoms with E-state index in [1.807, 2.05) is 12.1 Å². The lowest BCUT2D eigenvalue weighted by Gasteiger charge is -2.53. The summed E-state index contributed by atoms with van der Waals surface area (Å²) in [6.45, 7) is 0.123. The number of benzene rings is 3. The summed E-state index contributed by atoms with van der Waals surface area (Å²) in [5.41, 5.74) is 0.228. The van der Waals surface area contributed by atoms with Crippen LogP contribution in [0.2, 0.25) is 0 Å². The Kier molecular flexibility index (Phi) is 7.14. The zero-order chi connectivity index (χ0) is 25.0. The zero-order valence-corrected chi connectivity index (χ0v) is 20.2. The third-order valence-electron chi connectivity index (χ3n) is 6.15. The summed E-state index contributed by atoms with van der Waals surface area (Å²) in [6.07, 6.45) is 0.356. The van der Waals surface area contributed by atoms with Crippen LogP contribution in [0.5, 0.6) is 23.0 Å². The van der Waals surface area contributed by atoms with E-state index in [2.05, 4.69) is 0 Å². The van der Waals surface area contributed by atoms with E-state index < -0.39 is 17.6 Å². The highest BCUT2D eigenvalue weighted by molar-refractivity contribution is 6.08. The fourth-order valence-electron chi connectivity index (χ4n) is 4.34. The van der Waals surface area contributed by atoms with Gasteiger partial charge in [-0.3, -0.25) is 4.79 Å². The first-order valence-corrected chi connectivity index (χ1v) is 11.1. The van der Waals surface area contributed by atoms with E-state index in [9.17, 15) is 9.90 Å².